The molecule has 1 radical (unpaired) electrons. The maximum Gasteiger partial charge on any atom is -0.00851 e. The molecule has 3 fully saturated rings. The summed E-state index contributed by atoms with van der Waals surface area (Å²) in [5.41, 5.74) is 4.45. The monoisotopic (exact) mass is 367 g/mol. The zero-order valence-electron chi connectivity index (χ0n) is 18.7. The van der Waals surface area contributed by atoms with E-state index in [9.17, 15) is 0 Å². The Kier molecular flexibility index (Phi) is 5.41. The Bertz CT molecular complexity index is 606. The third-order valence-corrected chi connectivity index (χ3v) is 9.79. The molecule has 0 bridgehead atoms. The van der Waals surface area contributed by atoms with Gasteiger partial charge in [0.25, 0.3) is 0 Å². The van der Waals surface area contributed by atoms with E-state index in [4.69, 9.17) is 0 Å². The van der Waals surface area contributed by atoms with Gasteiger partial charge in [-0.1, -0.05) is 44.1 Å². The standard InChI is InChI=1S/C27H43/c1-19(2)9-8-10-20(3)23-14-15-24-22-13-12-21-11-6-7-17-26(21,4)25(22)16-18-27(23,24)5/h6,9,12,20,22-25H,7-8,10-11,13-18H2,1-5H3/t20-,22+,23-,24+,25+,26+,27-/m1/s1. The molecule has 0 amide bonds. The molecule has 27 heavy (non-hydrogen) atoms. The first-order chi connectivity index (χ1) is 12.9. The zero-order chi connectivity index (χ0) is 19.2. The molecule has 0 N–H and O–H groups in total. The van der Waals surface area contributed by atoms with E-state index in [1.54, 1.807) is 0 Å². The van der Waals surface area contributed by atoms with Crippen LogP contribution in [0.3, 0.4) is 0 Å². The average Bonchev–Trinajstić information content (AvgIpc) is 2.98. The van der Waals surface area contributed by atoms with Crippen LogP contribution in [0.4, 0.5) is 0 Å². The van der Waals surface area contributed by atoms with E-state index in [-0.39, 0.29) is 0 Å². The Balaban J connectivity index is 1.51. The van der Waals surface area contributed by atoms with Gasteiger partial charge in [-0.25, -0.2) is 0 Å². The first-order valence-electron chi connectivity index (χ1n) is 12.0. The third kappa shape index (κ3) is 3.28. The minimum Gasteiger partial charge on any atom is -0.0859 e. The van der Waals surface area contributed by atoms with Crippen LogP contribution in [0.25, 0.3) is 0 Å². The molecule has 0 spiro atoms. The molecule has 0 aromatic heterocycles. The molecule has 7 atom stereocenters. The summed E-state index contributed by atoms with van der Waals surface area (Å²) in [6, 6.07) is 0. The van der Waals surface area contributed by atoms with Gasteiger partial charge < -0.3 is 0 Å². The first kappa shape index (κ1) is 19.8. The van der Waals surface area contributed by atoms with E-state index in [0.717, 1.165) is 29.6 Å². The molecule has 0 saturated heterocycles. The van der Waals surface area contributed by atoms with Gasteiger partial charge in [0.1, 0.15) is 0 Å². The lowest BCUT2D eigenvalue weighted by Crippen LogP contribution is -2.50. The van der Waals surface area contributed by atoms with Gasteiger partial charge >= 0.3 is 0 Å². The zero-order valence-corrected chi connectivity index (χ0v) is 18.7. The molecule has 0 nitrogen and oxygen atoms in total. The summed E-state index contributed by atoms with van der Waals surface area (Å²) in [7, 11) is 0. The number of allylic oxidation sites excluding steroid dienone is 4. The Morgan fingerprint density at radius 1 is 1.15 bits per heavy atom. The largest absolute Gasteiger partial charge is 0.0859 e. The highest BCUT2D eigenvalue weighted by Crippen LogP contribution is 2.67. The number of hydrogen-bond acceptors (Lipinski definition) is 0. The fraction of sp³-hybridized carbons (Fsp3) is 0.815. The van der Waals surface area contributed by atoms with Crippen molar-refractivity contribution in [2.45, 2.75) is 98.8 Å². The van der Waals surface area contributed by atoms with Gasteiger partial charge in [0, 0.05) is 0 Å². The highest BCUT2D eigenvalue weighted by Gasteiger charge is 2.58. The van der Waals surface area contributed by atoms with E-state index in [2.05, 4.69) is 53.2 Å². The second kappa shape index (κ2) is 7.38. The molecular formula is C27H43. The van der Waals surface area contributed by atoms with Crippen LogP contribution in [0, 0.1) is 46.8 Å². The fourth-order valence-electron chi connectivity index (χ4n) is 8.29. The number of hydrogen-bond donors (Lipinski definition) is 0. The van der Waals surface area contributed by atoms with Crippen molar-refractivity contribution in [3.63, 3.8) is 0 Å². The molecule has 0 aromatic carbocycles. The second-order valence-electron chi connectivity index (χ2n) is 11.4. The van der Waals surface area contributed by atoms with Gasteiger partial charge in [0.2, 0.25) is 0 Å². The lowest BCUT2D eigenvalue weighted by atomic mass is 9.47. The topological polar surface area (TPSA) is 0 Å². The van der Waals surface area contributed by atoms with Gasteiger partial charge in [-0.3, -0.25) is 0 Å². The molecular weight excluding hydrogens is 324 g/mol. The summed E-state index contributed by atoms with van der Waals surface area (Å²) in [6.07, 6.45) is 21.8. The van der Waals surface area contributed by atoms with Crippen molar-refractivity contribution in [1.82, 2.24) is 0 Å². The minimum atomic E-state index is 0.534. The van der Waals surface area contributed by atoms with E-state index in [1.165, 1.54) is 69.8 Å². The quantitative estimate of drug-likeness (QED) is 0.440. The Morgan fingerprint density at radius 2 is 1.96 bits per heavy atom. The Labute approximate surface area is 169 Å². The first-order valence-corrected chi connectivity index (χ1v) is 12.0. The van der Waals surface area contributed by atoms with Crippen molar-refractivity contribution in [1.29, 1.82) is 0 Å². The average molecular weight is 368 g/mol. The van der Waals surface area contributed by atoms with Crippen LogP contribution in [-0.4, -0.2) is 0 Å². The van der Waals surface area contributed by atoms with Crippen LogP contribution in [0.5, 0.6) is 0 Å². The summed E-state index contributed by atoms with van der Waals surface area (Å²) in [4.78, 5) is 0. The van der Waals surface area contributed by atoms with Crippen molar-refractivity contribution in [2.24, 2.45) is 40.4 Å². The van der Waals surface area contributed by atoms with Crippen LogP contribution in [0.2, 0.25) is 0 Å². The molecule has 0 aliphatic heterocycles. The smallest absolute Gasteiger partial charge is 0.00851 e. The third-order valence-electron chi connectivity index (χ3n) is 9.79. The van der Waals surface area contributed by atoms with Crippen molar-refractivity contribution in [2.75, 3.05) is 0 Å². The highest BCUT2D eigenvalue weighted by atomic mass is 14.6. The molecule has 3 saturated carbocycles. The molecule has 0 heterocycles. The maximum atomic E-state index is 2.71. The minimum absolute atomic E-state index is 0.534. The summed E-state index contributed by atoms with van der Waals surface area (Å²) in [5, 5.41) is 0. The maximum absolute atomic E-state index is 2.71. The predicted octanol–water partition coefficient (Wildman–Crippen LogP) is 8.15. The fourth-order valence-corrected chi connectivity index (χ4v) is 8.29. The van der Waals surface area contributed by atoms with Gasteiger partial charge in [0.05, 0.1) is 0 Å². The lowest BCUT2D eigenvalue weighted by molar-refractivity contribution is -0.0480. The highest BCUT2D eigenvalue weighted by molar-refractivity contribution is 5.26. The van der Waals surface area contributed by atoms with E-state index < -0.39 is 0 Å². The number of fused-ring (bicyclic) bond motifs is 5. The van der Waals surface area contributed by atoms with Gasteiger partial charge in [-0.2, -0.15) is 0 Å². The number of rotatable bonds is 4. The van der Waals surface area contributed by atoms with Crippen LogP contribution in [-0.2, 0) is 0 Å². The molecule has 4 aliphatic carbocycles. The summed E-state index contributed by atoms with van der Waals surface area (Å²) in [6.45, 7) is 12.4. The van der Waals surface area contributed by atoms with Crippen LogP contribution in [0.15, 0.2) is 23.3 Å². The molecule has 151 valence electrons. The van der Waals surface area contributed by atoms with Crippen molar-refractivity contribution in [3.05, 3.63) is 29.7 Å². The molecule has 0 aromatic rings. The Hall–Kier alpha value is -0.520. The normalized spacial score (nSPS) is 44.6. The van der Waals surface area contributed by atoms with E-state index in [0.29, 0.717) is 10.8 Å². The molecule has 0 heteroatoms. The molecule has 0 unspecified atom stereocenters. The van der Waals surface area contributed by atoms with Crippen LogP contribution < -0.4 is 0 Å². The SMILES string of the molecule is CC(C)=CCC[C@@H](C)[C@H]1CC[C@H]2[C@@H]3CC=C4C[CH]CC[C@]4(C)[C@H]3CC[C@]12C. The summed E-state index contributed by atoms with van der Waals surface area (Å²) in [5.74, 6) is 4.80. The summed E-state index contributed by atoms with van der Waals surface area (Å²) >= 11 is 0. The second-order valence-corrected chi connectivity index (χ2v) is 11.4. The van der Waals surface area contributed by atoms with Gasteiger partial charge in [-0.05, 0) is 125 Å². The Morgan fingerprint density at radius 3 is 2.74 bits per heavy atom. The van der Waals surface area contributed by atoms with E-state index in [1.807, 2.05) is 5.57 Å². The summed E-state index contributed by atoms with van der Waals surface area (Å²) < 4.78 is 0. The van der Waals surface area contributed by atoms with Gasteiger partial charge in [0.15, 0.2) is 0 Å². The lowest BCUT2D eigenvalue weighted by Gasteiger charge is -2.58. The van der Waals surface area contributed by atoms with E-state index >= 15 is 0 Å². The molecule has 4 rings (SSSR count). The predicted molar refractivity (Wildman–Crippen MR) is 117 cm³/mol. The molecule has 4 aliphatic rings. The van der Waals surface area contributed by atoms with Crippen LogP contribution in [0.1, 0.15) is 98.8 Å². The van der Waals surface area contributed by atoms with Crippen LogP contribution >= 0.6 is 0 Å². The van der Waals surface area contributed by atoms with Crippen molar-refractivity contribution < 1.29 is 0 Å². The van der Waals surface area contributed by atoms with Crippen molar-refractivity contribution >= 4 is 0 Å². The van der Waals surface area contributed by atoms with Crippen molar-refractivity contribution in [3.8, 4) is 0 Å². The van der Waals surface area contributed by atoms with Gasteiger partial charge in [-0.15, -0.1) is 0 Å².